The second kappa shape index (κ2) is 7.48. The highest BCUT2D eigenvalue weighted by atomic mass is 35.5. The summed E-state index contributed by atoms with van der Waals surface area (Å²) in [6.45, 7) is 2.52. The van der Waals surface area contributed by atoms with E-state index < -0.39 is 0 Å². The van der Waals surface area contributed by atoms with E-state index in [4.69, 9.17) is 23.2 Å². The van der Waals surface area contributed by atoms with Gasteiger partial charge in [0.05, 0.1) is 16.1 Å². The van der Waals surface area contributed by atoms with Crippen LogP contribution in [0.3, 0.4) is 0 Å². The van der Waals surface area contributed by atoms with Gasteiger partial charge in [0.2, 0.25) is 5.91 Å². The Balaban J connectivity index is 1.93. The van der Waals surface area contributed by atoms with E-state index in [1.807, 2.05) is 31.0 Å². The molecule has 0 saturated heterocycles. The quantitative estimate of drug-likeness (QED) is 0.889. The standard InChI is InChI=1S/C16H22Cl2N2O/c1-11(16(21)19-13-7-3-4-8-13)20(2)10-12-6-5-9-14(17)15(12)18/h5-6,9,11,13H,3-4,7-8,10H2,1-2H3,(H,19,21)/t11-/m0/s1. The van der Waals surface area contributed by atoms with E-state index in [1.54, 1.807) is 6.07 Å². The van der Waals surface area contributed by atoms with E-state index in [0.717, 1.165) is 18.4 Å². The molecule has 1 amide bonds. The van der Waals surface area contributed by atoms with Gasteiger partial charge >= 0.3 is 0 Å². The van der Waals surface area contributed by atoms with Gasteiger partial charge in [-0.15, -0.1) is 0 Å². The lowest BCUT2D eigenvalue weighted by Gasteiger charge is -2.26. The number of hydrogen-bond donors (Lipinski definition) is 1. The van der Waals surface area contributed by atoms with Crippen LogP contribution in [0.15, 0.2) is 18.2 Å². The Morgan fingerprint density at radius 2 is 2.05 bits per heavy atom. The van der Waals surface area contributed by atoms with Gasteiger partial charge in [0, 0.05) is 12.6 Å². The molecule has 0 aliphatic heterocycles. The summed E-state index contributed by atoms with van der Waals surface area (Å²) < 4.78 is 0. The minimum Gasteiger partial charge on any atom is -0.352 e. The van der Waals surface area contributed by atoms with Gasteiger partial charge < -0.3 is 5.32 Å². The Morgan fingerprint density at radius 1 is 1.38 bits per heavy atom. The topological polar surface area (TPSA) is 32.3 Å². The molecule has 1 aromatic carbocycles. The summed E-state index contributed by atoms with van der Waals surface area (Å²) in [7, 11) is 1.93. The smallest absolute Gasteiger partial charge is 0.237 e. The zero-order valence-corrected chi connectivity index (χ0v) is 14.0. The van der Waals surface area contributed by atoms with Gasteiger partial charge in [0.15, 0.2) is 0 Å². The van der Waals surface area contributed by atoms with Crippen molar-refractivity contribution in [1.82, 2.24) is 10.2 Å². The molecule has 21 heavy (non-hydrogen) atoms. The Hall–Kier alpha value is -0.770. The molecule has 0 aromatic heterocycles. The van der Waals surface area contributed by atoms with Crippen molar-refractivity contribution in [2.45, 2.75) is 51.2 Å². The van der Waals surface area contributed by atoms with Crippen molar-refractivity contribution < 1.29 is 4.79 Å². The molecule has 0 bridgehead atoms. The highest BCUT2D eigenvalue weighted by Crippen LogP contribution is 2.26. The lowest BCUT2D eigenvalue weighted by atomic mass is 10.1. The minimum absolute atomic E-state index is 0.0857. The van der Waals surface area contributed by atoms with Crippen LogP contribution < -0.4 is 5.32 Å². The number of halogens is 2. The van der Waals surface area contributed by atoms with E-state index >= 15 is 0 Å². The zero-order valence-electron chi connectivity index (χ0n) is 12.5. The summed E-state index contributed by atoms with van der Waals surface area (Å²) in [4.78, 5) is 14.3. The third-order valence-corrected chi connectivity index (χ3v) is 5.05. The minimum atomic E-state index is -0.194. The number of carbonyl (C=O) groups excluding carboxylic acids is 1. The van der Waals surface area contributed by atoms with Crippen LogP contribution in [0.4, 0.5) is 0 Å². The molecule has 116 valence electrons. The highest BCUT2D eigenvalue weighted by Gasteiger charge is 2.23. The SMILES string of the molecule is C[C@@H](C(=O)NC1CCCC1)N(C)Cc1cccc(Cl)c1Cl. The molecule has 2 rings (SSSR count). The molecule has 1 fully saturated rings. The maximum Gasteiger partial charge on any atom is 0.237 e. The normalized spacial score (nSPS) is 17.2. The van der Waals surface area contributed by atoms with Crippen LogP contribution in [-0.2, 0) is 11.3 Å². The van der Waals surface area contributed by atoms with Gasteiger partial charge in [-0.05, 0) is 38.4 Å². The van der Waals surface area contributed by atoms with Crippen molar-refractivity contribution in [1.29, 1.82) is 0 Å². The van der Waals surface area contributed by atoms with Gasteiger partial charge in [-0.2, -0.15) is 0 Å². The predicted octanol–water partition coefficient (Wildman–Crippen LogP) is 3.87. The van der Waals surface area contributed by atoms with Crippen molar-refractivity contribution in [3.8, 4) is 0 Å². The van der Waals surface area contributed by atoms with Gasteiger partial charge in [-0.1, -0.05) is 48.2 Å². The number of carbonyl (C=O) groups is 1. The largest absolute Gasteiger partial charge is 0.352 e. The molecule has 0 radical (unpaired) electrons. The third-order valence-electron chi connectivity index (χ3n) is 4.19. The number of nitrogens with zero attached hydrogens (tertiary/aromatic N) is 1. The van der Waals surface area contributed by atoms with Crippen molar-refractivity contribution in [3.05, 3.63) is 33.8 Å². The van der Waals surface area contributed by atoms with Crippen LogP contribution in [-0.4, -0.2) is 29.9 Å². The molecular weight excluding hydrogens is 307 g/mol. The summed E-state index contributed by atoms with van der Waals surface area (Å²) in [6, 6.07) is 5.74. The molecule has 5 heteroatoms. The molecule has 1 atom stereocenters. The van der Waals surface area contributed by atoms with Crippen LogP contribution >= 0.6 is 23.2 Å². The van der Waals surface area contributed by atoms with E-state index in [9.17, 15) is 4.79 Å². The van der Waals surface area contributed by atoms with E-state index in [0.29, 0.717) is 22.6 Å². The first-order valence-corrected chi connectivity index (χ1v) is 8.18. The van der Waals surface area contributed by atoms with Crippen LogP contribution in [0.1, 0.15) is 38.2 Å². The van der Waals surface area contributed by atoms with Crippen LogP contribution in [0.5, 0.6) is 0 Å². The second-order valence-corrected chi connectivity index (χ2v) is 6.58. The third kappa shape index (κ3) is 4.35. The maximum absolute atomic E-state index is 12.3. The average molecular weight is 329 g/mol. The first-order valence-electron chi connectivity index (χ1n) is 7.42. The number of amides is 1. The van der Waals surface area contributed by atoms with Crippen molar-refractivity contribution in [3.63, 3.8) is 0 Å². The van der Waals surface area contributed by atoms with Gasteiger partial charge in [-0.3, -0.25) is 9.69 Å². The lowest BCUT2D eigenvalue weighted by molar-refractivity contribution is -0.126. The Kier molecular flexibility index (Phi) is 5.91. The zero-order chi connectivity index (χ0) is 15.4. The molecule has 1 aliphatic carbocycles. The van der Waals surface area contributed by atoms with Crippen LogP contribution in [0.25, 0.3) is 0 Å². The lowest BCUT2D eigenvalue weighted by Crippen LogP contribution is -2.46. The molecule has 3 nitrogen and oxygen atoms in total. The Labute approximate surface area is 136 Å². The second-order valence-electron chi connectivity index (χ2n) is 5.79. The van der Waals surface area contributed by atoms with Crippen molar-refractivity contribution in [2.24, 2.45) is 0 Å². The number of nitrogens with one attached hydrogen (secondary N) is 1. The molecule has 1 aromatic rings. The summed E-state index contributed by atoms with van der Waals surface area (Å²) in [6.07, 6.45) is 4.63. The molecule has 0 spiro atoms. The first kappa shape index (κ1) is 16.6. The van der Waals surface area contributed by atoms with Crippen LogP contribution in [0, 0.1) is 0 Å². The summed E-state index contributed by atoms with van der Waals surface area (Å²) >= 11 is 12.2. The van der Waals surface area contributed by atoms with Gasteiger partial charge in [0.1, 0.15) is 0 Å². The fraction of sp³-hybridized carbons (Fsp3) is 0.562. The highest BCUT2D eigenvalue weighted by molar-refractivity contribution is 6.42. The summed E-state index contributed by atoms with van der Waals surface area (Å²) in [5.41, 5.74) is 0.937. The number of rotatable bonds is 5. The fourth-order valence-electron chi connectivity index (χ4n) is 2.67. The molecule has 1 saturated carbocycles. The average Bonchev–Trinajstić information content (AvgIpc) is 2.95. The van der Waals surface area contributed by atoms with Crippen molar-refractivity contribution >= 4 is 29.1 Å². The summed E-state index contributed by atoms with van der Waals surface area (Å²) in [5.74, 6) is 0.0857. The van der Waals surface area contributed by atoms with Gasteiger partial charge in [0.25, 0.3) is 0 Å². The van der Waals surface area contributed by atoms with E-state index in [2.05, 4.69) is 5.32 Å². The maximum atomic E-state index is 12.3. The van der Waals surface area contributed by atoms with Crippen LogP contribution in [0.2, 0.25) is 10.0 Å². The van der Waals surface area contributed by atoms with Gasteiger partial charge in [-0.25, -0.2) is 0 Å². The Bertz CT molecular complexity index is 501. The summed E-state index contributed by atoms with van der Waals surface area (Å²) in [5, 5.41) is 4.24. The monoisotopic (exact) mass is 328 g/mol. The van der Waals surface area contributed by atoms with Crippen molar-refractivity contribution in [2.75, 3.05) is 7.05 Å². The molecular formula is C16H22Cl2N2O. The number of benzene rings is 1. The number of hydrogen-bond acceptors (Lipinski definition) is 2. The Morgan fingerprint density at radius 3 is 2.71 bits per heavy atom. The molecule has 0 heterocycles. The molecule has 1 N–H and O–H groups in total. The predicted molar refractivity (Wildman–Crippen MR) is 87.8 cm³/mol. The fourth-order valence-corrected chi connectivity index (χ4v) is 3.05. The molecule has 0 unspecified atom stereocenters. The van der Waals surface area contributed by atoms with E-state index in [1.165, 1.54) is 12.8 Å². The number of likely N-dealkylation sites (N-methyl/N-ethyl adjacent to an activating group) is 1. The van der Waals surface area contributed by atoms with E-state index in [-0.39, 0.29) is 11.9 Å². The molecule has 1 aliphatic rings. The first-order chi connectivity index (χ1) is 9.99.